The molecule has 0 unspecified atom stereocenters. The van der Waals surface area contributed by atoms with Crippen molar-refractivity contribution in [3.8, 4) is 11.3 Å². The Morgan fingerprint density at radius 1 is 1.14 bits per heavy atom. The smallest absolute Gasteiger partial charge is 0.261 e. The number of halogens is 5. The van der Waals surface area contributed by atoms with E-state index in [1.165, 1.54) is 6.20 Å². The number of aromatic amines is 1. The summed E-state index contributed by atoms with van der Waals surface area (Å²) in [5.74, 6) is -1.38. The first-order valence-corrected chi connectivity index (χ1v) is 5.98. The lowest BCUT2D eigenvalue weighted by molar-refractivity contribution is -0.139. The van der Waals surface area contributed by atoms with E-state index >= 15 is 0 Å². The zero-order valence-corrected chi connectivity index (χ0v) is 10.8. The second-order valence-electron chi connectivity index (χ2n) is 4.17. The molecule has 0 amide bonds. The fourth-order valence-corrected chi connectivity index (χ4v) is 2.09. The summed E-state index contributed by atoms with van der Waals surface area (Å²) in [6.07, 6.45) is -3.37. The van der Waals surface area contributed by atoms with Crippen LogP contribution in [0.25, 0.3) is 22.3 Å². The normalized spacial score (nSPS) is 12.0. The molecule has 1 aromatic carbocycles. The van der Waals surface area contributed by atoms with E-state index in [-0.39, 0.29) is 16.5 Å². The molecule has 21 heavy (non-hydrogen) atoms. The fourth-order valence-electron chi connectivity index (χ4n) is 1.92. The van der Waals surface area contributed by atoms with Gasteiger partial charge in [0.15, 0.2) is 5.65 Å². The molecule has 0 spiro atoms. The van der Waals surface area contributed by atoms with Crippen LogP contribution >= 0.6 is 11.6 Å². The summed E-state index contributed by atoms with van der Waals surface area (Å²) in [6, 6.07) is 2.54. The van der Waals surface area contributed by atoms with Gasteiger partial charge in [-0.2, -0.15) is 23.3 Å². The molecule has 2 heterocycles. The Kier molecular flexibility index (Phi) is 3.05. The molecule has 0 aliphatic carbocycles. The van der Waals surface area contributed by atoms with Crippen LogP contribution in [-0.2, 0) is 6.18 Å². The Morgan fingerprint density at radius 3 is 2.57 bits per heavy atom. The van der Waals surface area contributed by atoms with Crippen LogP contribution in [0.2, 0.25) is 5.28 Å². The van der Waals surface area contributed by atoms with Crippen molar-refractivity contribution in [2.24, 2.45) is 0 Å². The van der Waals surface area contributed by atoms with Crippen LogP contribution < -0.4 is 0 Å². The first-order chi connectivity index (χ1) is 9.86. The SMILES string of the molecule is Fc1cc(-c2nc(Cl)nc3[nH]ncc23)ccc1C(F)(F)F. The van der Waals surface area contributed by atoms with Crippen LogP contribution in [-0.4, -0.2) is 20.2 Å². The molecular weight excluding hydrogens is 312 g/mol. The Bertz CT molecular complexity index is 828. The van der Waals surface area contributed by atoms with Crippen LogP contribution in [0, 0.1) is 5.82 Å². The zero-order chi connectivity index (χ0) is 15.2. The summed E-state index contributed by atoms with van der Waals surface area (Å²) < 4.78 is 51.3. The third-order valence-corrected chi connectivity index (χ3v) is 3.00. The van der Waals surface area contributed by atoms with Gasteiger partial charge in [-0.15, -0.1) is 0 Å². The topological polar surface area (TPSA) is 54.5 Å². The van der Waals surface area contributed by atoms with Crippen LogP contribution in [0.3, 0.4) is 0 Å². The lowest BCUT2D eigenvalue weighted by Crippen LogP contribution is -2.08. The maximum absolute atomic E-state index is 13.6. The molecule has 3 rings (SSSR count). The van der Waals surface area contributed by atoms with E-state index in [9.17, 15) is 17.6 Å². The number of nitrogens with one attached hydrogen (secondary N) is 1. The quantitative estimate of drug-likeness (QED) is 0.548. The summed E-state index contributed by atoms with van der Waals surface area (Å²) in [4.78, 5) is 7.79. The molecule has 108 valence electrons. The van der Waals surface area contributed by atoms with Crippen molar-refractivity contribution in [2.75, 3.05) is 0 Å². The molecule has 1 N–H and O–H groups in total. The number of nitrogens with zero attached hydrogens (tertiary/aromatic N) is 3. The second kappa shape index (κ2) is 4.66. The molecule has 4 nitrogen and oxygen atoms in total. The van der Waals surface area contributed by atoms with Crippen LogP contribution in [0.4, 0.5) is 17.6 Å². The predicted octanol–water partition coefficient (Wildman–Crippen LogP) is 3.83. The number of alkyl halides is 3. The molecule has 9 heteroatoms. The second-order valence-corrected chi connectivity index (χ2v) is 4.50. The number of aromatic nitrogens is 4. The van der Waals surface area contributed by atoms with Crippen LogP contribution in [0.1, 0.15) is 5.56 Å². The summed E-state index contributed by atoms with van der Waals surface area (Å²) >= 11 is 5.73. The van der Waals surface area contributed by atoms with Gasteiger partial charge >= 0.3 is 6.18 Å². The molecule has 0 fully saturated rings. The van der Waals surface area contributed by atoms with Crippen molar-refractivity contribution < 1.29 is 17.6 Å². The Labute approximate surface area is 119 Å². The van der Waals surface area contributed by atoms with E-state index in [1.54, 1.807) is 0 Å². The summed E-state index contributed by atoms with van der Waals surface area (Å²) in [6.45, 7) is 0. The Morgan fingerprint density at radius 2 is 1.90 bits per heavy atom. The Hall–Kier alpha value is -2.22. The van der Waals surface area contributed by atoms with Crippen molar-refractivity contribution in [1.29, 1.82) is 0 Å². The van der Waals surface area contributed by atoms with E-state index < -0.39 is 17.6 Å². The summed E-state index contributed by atoms with van der Waals surface area (Å²) in [5, 5.41) is 6.62. The highest BCUT2D eigenvalue weighted by Gasteiger charge is 2.34. The highest BCUT2D eigenvalue weighted by atomic mass is 35.5. The number of H-pyrrole nitrogens is 1. The molecule has 0 saturated heterocycles. The maximum atomic E-state index is 13.6. The number of fused-ring (bicyclic) bond motifs is 1. The van der Waals surface area contributed by atoms with Crippen molar-refractivity contribution in [1.82, 2.24) is 20.2 Å². The highest BCUT2D eigenvalue weighted by Crippen LogP contribution is 2.34. The fraction of sp³-hybridized carbons (Fsp3) is 0.0833. The monoisotopic (exact) mass is 316 g/mol. The minimum Gasteiger partial charge on any atom is -0.261 e. The van der Waals surface area contributed by atoms with Crippen molar-refractivity contribution in [2.45, 2.75) is 6.18 Å². The molecule has 0 bridgehead atoms. The van der Waals surface area contributed by atoms with Gasteiger partial charge in [0, 0.05) is 5.56 Å². The van der Waals surface area contributed by atoms with E-state index in [0.29, 0.717) is 17.1 Å². The van der Waals surface area contributed by atoms with Gasteiger partial charge in [0.1, 0.15) is 5.82 Å². The molecule has 0 saturated carbocycles. The summed E-state index contributed by atoms with van der Waals surface area (Å²) in [5.41, 5.74) is -0.678. The molecular formula is C12H5ClF4N4. The summed E-state index contributed by atoms with van der Waals surface area (Å²) in [7, 11) is 0. The third-order valence-electron chi connectivity index (χ3n) is 2.83. The van der Waals surface area contributed by atoms with Gasteiger partial charge in [-0.05, 0) is 23.7 Å². The number of rotatable bonds is 1. The van der Waals surface area contributed by atoms with Gasteiger partial charge in [-0.25, -0.2) is 9.37 Å². The number of hydrogen-bond acceptors (Lipinski definition) is 3. The first kappa shape index (κ1) is 13.7. The van der Waals surface area contributed by atoms with E-state index in [0.717, 1.165) is 12.1 Å². The standard InChI is InChI=1S/C12H5ClF4N4/c13-11-19-9(6-4-18-21-10(6)20-11)5-1-2-7(8(14)3-5)12(15,16)17/h1-4H,(H,18,19,20,21). The predicted molar refractivity (Wildman–Crippen MR) is 67.1 cm³/mol. The first-order valence-electron chi connectivity index (χ1n) is 5.60. The largest absolute Gasteiger partial charge is 0.419 e. The van der Waals surface area contributed by atoms with Gasteiger partial charge in [-0.1, -0.05) is 6.07 Å². The maximum Gasteiger partial charge on any atom is 0.419 e. The van der Waals surface area contributed by atoms with Gasteiger partial charge in [0.05, 0.1) is 22.8 Å². The number of benzene rings is 1. The third kappa shape index (κ3) is 2.42. The Balaban J connectivity index is 2.20. The van der Waals surface area contributed by atoms with Gasteiger partial charge in [0.2, 0.25) is 5.28 Å². The highest BCUT2D eigenvalue weighted by molar-refractivity contribution is 6.28. The molecule has 0 aliphatic heterocycles. The van der Waals surface area contributed by atoms with E-state index in [4.69, 9.17) is 11.6 Å². The minimum absolute atomic E-state index is 0.123. The molecule has 3 aromatic rings. The van der Waals surface area contributed by atoms with E-state index in [1.807, 2.05) is 0 Å². The average Bonchev–Trinajstić information content (AvgIpc) is 2.83. The number of hydrogen-bond donors (Lipinski definition) is 1. The molecule has 0 atom stereocenters. The van der Waals surface area contributed by atoms with Gasteiger partial charge in [0.25, 0.3) is 0 Å². The van der Waals surface area contributed by atoms with Crippen LogP contribution in [0.15, 0.2) is 24.4 Å². The van der Waals surface area contributed by atoms with E-state index in [2.05, 4.69) is 20.2 Å². The minimum atomic E-state index is -4.75. The van der Waals surface area contributed by atoms with Gasteiger partial charge in [-0.3, -0.25) is 5.10 Å². The van der Waals surface area contributed by atoms with Crippen molar-refractivity contribution in [3.63, 3.8) is 0 Å². The van der Waals surface area contributed by atoms with Crippen molar-refractivity contribution in [3.05, 3.63) is 41.1 Å². The molecule has 0 aliphatic rings. The van der Waals surface area contributed by atoms with Crippen molar-refractivity contribution >= 4 is 22.6 Å². The average molecular weight is 317 g/mol. The lowest BCUT2D eigenvalue weighted by atomic mass is 10.1. The molecule has 0 radical (unpaired) electrons. The van der Waals surface area contributed by atoms with Crippen LogP contribution in [0.5, 0.6) is 0 Å². The van der Waals surface area contributed by atoms with Gasteiger partial charge < -0.3 is 0 Å². The zero-order valence-electron chi connectivity index (χ0n) is 10.0. The lowest BCUT2D eigenvalue weighted by Gasteiger charge is -2.09. The molecule has 2 aromatic heterocycles.